The molecule has 0 aliphatic rings. The second kappa shape index (κ2) is 18.6. The number of nitrogens with two attached hydrogens (primary N) is 1. The molecule has 2 aromatic rings. The Hall–Kier alpha value is 0.778. The summed E-state index contributed by atoms with van der Waals surface area (Å²) in [5.41, 5.74) is 0. The standard InChI is InChI=1S/2C8H11P.3ClH.H3N2.W/c2*1-9(2)8-6-4-3-5-7-8;;;;1-2;/h2*3-7H,1-2H3;3*1H;1H,2H2;/q;;;;;-1;+3/p-1. The van der Waals surface area contributed by atoms with Gasteiger partial charge in [-0.25, -0.2) is 0 Å². The Morgan fingerprint density at radius 1 is 0.667 bits per heavy atom. The Morgan fingerprint density at radius 3 is 1.00 bits per heavy atom. The molecule has 8 heteroatoms. The molecule has 137 valence electrons. The van der Waals surface area contributed by atoms with Crippen LogP contribution in [0.4, 0.5) is 0 Å². The summed E-state index contributed by atoms with van der Waals surface area (Å²) in [6.07, 6.45) is 0. The molecule has 0 spiro atoms. The van der Waals surface area contributed by atoms with Gasteiger partial charge in [0.1, 0.15) is 0 Å². The molecule has 0 bridgehead atoms. The van der Waals surface area contributed by atoms with Crippen LogP contribution in [0.3, 0.4) is 0 Å². The minimum atomic E-state index is -2.11. The number of rotatable bonds is 2. The monoisotopic (exact) mass is 598 g/mol. The van der Waals surface area contributed by atoms with Crippen molar-refractivity contribution in [2.75, 3.05) is 26.7 Å². The first-order valence-electron chi connectivity index (χ1n) is 7.07. The van der Waals surface area contributed by atoms with Crippen LogP contribution in [0.2, 0.25) is 0 Å². The van der Waals surface area contributed by atoms with Crippen molar-refractivity contribution in [3.05, 3.63) is 66.5 Å². The first kappa shape index (κ1) is 27.0. The number of hydrogen-bond donors (Lipinski definition) is 1. The Bertz CT molecular complexity index is 443. The van der Waals surface area contributed by atoms with Gasteiger partial charge in [-0.1, -0.05) is 36.4 Å². The van der Waals surface area contributed by atoms with Crippen molar-refractivity contribution < 1.29 is 14.2 Å². The fourth-order valence-corrected chi connectivity index (χ4v) is 3.26. The van der Waals surface area contributed by atoms with Crippen LogP contribution in [0.25, 0.3) is 5.84 Å². The summed E-state index contributed by atoms with van der Waals surface area (Å²) in [4.78, 5) is 0. The van der Waals surface area contributed by atoms with Gasteiger partial charge in [-0.15, -0.1) is 0 Å². The molecule has 0 saturated carbocycles. The van der Waals surface area contributed by atoms with E-state index in [1.165, 1.54) is 10.6 Å². The van der Waals surface area contributed by atoms with E-state index >= 15 is 0 Å². The molecule has 2 rings (SSSR count). The average molecular weight is 600 g/mol. The molecule has 0 aromatic heterocycles. The van der Waals surface area contributed by atoms with Crippen LogP contribution in [0.5, 0.6) is 0 Å². The average Bonchev–Trinajstić information content (AvgIpc) is 2.58. The van der Waals surface area contributed by atoms with Crippen molar-refractivity contribution in [1.82, 2.24) is 0 Å². The van der Waals surface area contributed by atoms with Crippen LogP contribution >= 0.6 is 44.1 Å². The third kappa shape index (κ3) is 17.6. The molecule has 24 heavy (non-hydrogen) atoms. The van der Waals surface area contributed by atoms with E-state index < -0.39 is 14.2 Å². The van der Waals surface area contributed by atoms with E-state index in [1.807, 2.05) is 0 Å². The zero-order valence-corrected chi connectivity index (χ0v) is 21.6. The molecule has 0 saturated heterocycles. The summed E-state index contributed by atoms with van der Waals surface area (Å²) in [7, 11) is 14.6. The number of benzene rings is 2. The van der Waals surface area contributed by atoms with Gasteiger partial charge in [0.2, 0.25) is 0 Å². The maximum absolute atomic E-state index is 5.25. The van der Waals surface area contributed by atoms with Crippen molar-refractivity contribution >= 4 is 54.7 Å². The largest absolute Gasteiger partial charge is 0.615 e. The molecule has 0 amide bonds. The van der Waals surface area contributed by atoms with Crippen molar-refractivity contribution in [3.8, 4) is 0 Å². The van der Waals surface area contributed by atoms with Crippen molar-refractivity contribution in [1.29, 1.82) is 0 Å². The van der Waals surface area contributed by atoms with Crippen LogP contribution in [-0.4, -0.2) is 26.7 Å². The van der Waals surface area contributed by atoms with E-state index in [2.05, 4.69) is 93.2 Å². The van der Waals surface area contributed by atoms with Gasteiger partial charge in [0.15, 0.2) is 0 Å². The van der Waals surface area contributed by atoms with Gasteiger partial charge >= 0.3 is 42.4 Å². The summed E-state index contributed by atoms with van der Waals surface area (Å²) < 4.78 is 0. The number of halogens is 3. The summed E-state index contributed by atoms with van der Waals surface area (Å²) >= 11 is -2.11. The van der Waals surface area contributed by atoms with Crippen LogP contribution in [0, 0.1) is 0 Å². The molecule has 0 heterocycles. The molecular weight excluding hydrogens is 572 g/mol. The molecule has 0 radical (unpaired) electrons. The van der Waals surface area contributed by atoms with Crippen molar-refractivity contribution in [2.24, 2.45) is 5.84 Å². The maximum Gasteiger partial charge on any atom is -0.438 e. The van der Waals surface area contributed by atoms with Gasteiger partial charge in [0.25, 0.3) is 0 Å². The van der Waals surface area contributed by atoms with E-state index in [0.717, 1.165) is 0 Å². The minimum absolute atomic E-state index is 0.212. The predicted octanol–water partition coefficient (Wildman–Crippen LogP) is 5.55. The summed E-state index contributed by atoms with van der Waals surface area (Å²) in [6, 6.07) is 21.4. The molecular formula is C16H27Cl3N2P2W+. The molecule has 2 aromatic carbocycles. The van der Waals surface area contributed by atoms with Gasteiger partial charge in [-0.3, -0.25) is 0 Å². The number of hydrogen-bond acceptors (Lipinski definition) is 1. The van der Waals surface area contributed by atoms with E-state index in [-0.39, 0.29) is 15.8 Å². The van der Waals surface area contributed by atoms with Crippen LogP contribution < -0.4 is 16.5 Å². The van der Waals surface area contributed by atoms with E-state index in [1.54, 1.807) is 0 Å². The minimum Gasteiger partial charge on any atom is -0.615 e. The molecule has 2 nitrogen and oxygen atoms in total. The summed E-state index contributed by atoms with van der Waals surface area (Å²) in [6.45, 7) is 9.22. The molecule has 0 aliphatic carbocycles. The Morgan fingerprint density at radius 2 is 0.875 bits per heavy atom. The Balaban J connectivity index is 0. The van der Waals surface area contributed by atoms with Gasteiger partial charge < -0.3 is 11.7 Å². The molecule has 0 fully saturated rings. The SMILES string of the molecule is C[PH+](C)c1ccccc1.C[PH+](C)c1ccccc1.[Cl][W]([Cl])[Cl].[NH-]N. The third-order valence-corrected chi connectivity index (χ3v) is 5.68. The topological polar surface area (TPSA) is 49.8 Å². The van der Waals surface area contributed by atoms with Gasteiger partial charge in [-0.2, -0.15) is 0 Å². The van der Waals surface area contributed by atoms with Crippen molar-refractivity contribution in [2.45, 2.75) is 0 Å². The fourth-order valence-electron chi connectivity index (χ4n) is 1.54. The summed E-state index contributed by atoms with van der Waals surface area (Å²) in [5, 5.41) is 3.03. The maximum atomic E-state index is 5.25. The van der Waals surface area contributed by atoms with Crippen molar-refractivity contribution in [3.63, 3.8) is 0 Å². The zero-order valence-electron chi connectivity index (χ0n) is 14.4. The number of nitrogens with one attached hydrogen (secondary N) is 1. The zero-order chi connectivity index (χ0) is 19.0. The smallest absolute Gasteiger partial charge is 0.438 e. The quantitative estimate of drug-likeness (QED) is 0.275. The molecule has 3 N–H and O–H groups in total. The van der Waals surface area contributed by atoms with Gasteiger partial charge in [0, 0.05) is 15.8 Å². The van der Waals surface area contributed by atoms with E-state index in [9.17, 15) is 0 Å². The van der Waals surface area contributed by atoms with Gasteiger partial charge in [0.05, 0.1) is 37.3 Å². The van der Waals surface area contributed by atoms with E-state index in [0.29, 0.717) is 0 Å². The second-order valence-corrected chi connectivity index (χ2v) is 22.8. The van der Waals surface area contributed by atoms with Crippen LogP contribution in [0.1, 0.15) is 0 Å². The van der Waals surface area contributed by atoms with Crippen LogP contribution in [-0.2, 0) is 14.2 Å². The fraction of sp³-hybridized carbons (Fsp3) is 0.250. The molecule has 0 aliphatic heterocycles. The summed E-state index contributed by atoms with van der Waals surface area (Å²) in [5.74, 6) is 9.00. The molecule has 0 atom stereocenters. The van der Waals surface area contributed by atoms with Gasteiger partial charge in [-0.05, 0) is 24.3 Å². The first-order valence-corrected chi connectivity index (χ1v) is 23.0. The Kier molecular flexibility index (Phi) is 20.9. The third-order valence-electron chi connectivity index (χ3n) is 2.70. The normalized spacial score (nSPS) is 9.33. The van der Waals surface area contributed by atoms with E-state index in [4.69, 9.17) is 34.1 Å². The van der Waals surface area contributed by atoms with Crippen LogP contribution in [0.15, 0.2) is 60.7 Å². The molecule has 0 unspecified atom stereocenters. The second-order valence-electron chi connectivity index (χ2n) is 4.91. The Labute approximate surface area is 167 Å². The first-order chi connectivity index (χ1) is 11.3. The predicted molar refractivity (Wildman–Crippen MR) is 119 cm³/mol.